The molecule has 0 spiro atoms. The largest absolute Gasteiger partial charge is 0.296 e. The Morgan fingerprint density at radius 3 is 2.62 bits per heavy atom. The first-order chi connectivity index (χ1) is 14.0. The minimum absolute atomic E-state index is 0.113. The van der Waals surface area contributed by atoms with Gasteiger partial charge in [-0.25, -0.2) is 22.8 Å². The second kappa shape index (κ2) is 7.84. The molecule has 1 amide bonds. The third-order valence-corrected chi connectivity index (χ3v) is 4.67. The van der Waals surface area contributed by atoms with Crippen molar-refractivity contribution < 1.29 is 18.0 Å². The Kier molecular flexibility index (Phi) is 5.09. The number of hydrogen-bond acceptors (Lipinski definition) is 5. The summed E-state index contributed by atoms with van der Waals surface area (Å²) in [5.41, 5.74) is 0.201. The van der Waals surface area contributed by atoms with Crippen LogP contribution in [-0.4, -0.2) is 25.7 Å². The van der Waals surface area contributed by atoms with Crippen molar-refractivity contribution in [3.8, 4) is 17.1 Å². The summed E-state index contributed by atoms with van der Waals surface area (Å²) in [4.78, 5) is 21.2. The van der Waals surface area contributed by atoms with E-state index in [9.17, 15) is 18.0 Å². The summed E-state index contributed by atoms with van der Waals surface area (Å²) in [5, 5.41) is 8.19. The van der Waals surface area contributed by atoms with Gasteiger partial charge in [-0.1, -0.05) is 18.2 Å². The van der Waals surface area contributed by atoms with Crippen molar-refractivity contribution in [3.63, 3.8) is 0 Å². The maximum absolute atomic E-state index is 14.1. The second-order valence-corrected chi connectivity index (χ2v) is 6.68. The van der Waals surface area contributed by atoms with Crippen LogP contribution in [0.4, 0.5) is 18.3 Å². The Bertz CT molecular complexity index is 1160. The Balaban J connectivity index is 1.65. The zero-order chi connectivity index (χ0) is 20.4. The van der Waals surface area contributed by atoms with Gasteiger partial charge in [-0.2, -0.15) is 5.10 Å². The molecule has 6 nitrogen and oxygen atoms in total. The molecule has 1 N–H and O–H groups in total. The number of hydrogen-bond donors (Lipinski definition) is 1. The highest BCUT2D eigenvalue weighted by Gasteiger charge is 2.23. The molecule has 0 fully saturated rings. The van der Waals surface area contributed by atoms with Crippen molar-refractivity contribution >= 4 is 22.4 Å². The number of alkyl halides is 2. The third kappa shape index (κ3) is 3.87. The van der Waals surface area contributed by atoms with E-state index in [-0.39, 0.29) is 16.5 Å². The number of anilines is 1. The number of thiazole rings is 1. The Morgan fingerprint density at radius 2 is 1.90 bits per heavy atom. The molecule has 0 unspecified atom stereocenters. The van der Waals surface area contributed by atoms with Crippen LogP contribution in [-0.2, 0) is 0 Å². The second-order valence-electron chi connectivity index (χ2n) is 5.83. The standard InChI is InChI=1S/C19H12F3N5OS/c20-11-5-1-2-7-15(11)27-16(9-13(26-27)17(21)22)18(28)25-19-24-14(10-29-19)12-6-3-4-8-23-12/h1-10,17H,(H,24,25,28). The lowest BCUT2D eigenvalue weighted by Gasteiger charge is -2.07. The van der Waals surface area contributed by atoms with E-state index in [1.807, 2.05) is 0 Å². The van der Waals surface area contributed by atoms with Gasteiger partial charge >= 0.3 is 0 Å². The highest BCUT2D eigenvalue weighted by molar-refractivity contribution is 7.14. The van der Waals surface area contributed by atoms with E-state index < -0.39 is 23.8 Å². The minimum atomic E-state index is -2.91. The first-order valence-electron chi connectivity index (χ1n) is 8.34. The number of carbonyl (C=O) groups excluding carboxylic acids is 1. The monoisotopic (exact) mass is 415 g/mol. The molecule has 0 radical (unpaired) electrons. The fourth-order valence-electron chi connectivity index (χ4n) is 2.60. The van der Waals surface area contributed by atoms with E-state index in [2.05, 4.69) is 20.4 Å². The number of para-hydroxylation sites is 1. The third-order valence-electron chi connectivity index (χ3n) is 3.92. The van der Waals surface area contributed by atoms with E-state index in [1.54, 1.807) is 29.8 Å². The zero-order valence-electron chi connectivity index (χ0n) is 14.6. The fraction of sp³-hybridized carbons (Fsp3) is 0.0526. The lowest BCUT2D eigenvalue weighted by atomic mass is 10.3. The molecule has 0 aliphatic carbocycles. The van der Waals surface area contributed by atoms with Crippen molar-refractivity contribution in [2.45, 2.75) is 6.43 Å². The number of carbonyl (C=O) groups is 1. The van der Waals surface area contributed by atoms with E-state index in [1.165, 1.54) is 18.2 Å². The summed E-state index contributed by atoms with van der Waals surface area (Å²) in [5.74, 6) is -1.44. The number of pyridine rings is 1. The number of amides is 1. The summed E-state index contributed by atoms with van der Waals surface area (Å²) in [6.07, 6.45) is -1.30. The van der Waals surface area contributed by atoms with Crippen molar-refractivity contribution in [1.82, 2.24) is 19.7 Å². The molecule has 0 saturated heterocycles. The first kappa shape index (κ1) is 18.8. The van der Waals surface area contributed by atoms with Crippen LogP contribution in [0.1, 0.15) is 22.6 Å². The number of rotatable bonds is 5. The van der Waals surface area contributed by atoms with Gasteiger partial charge in [0.25, 0.3) is 12.3 Å². The number of nitrogens with one attached hydrogen (secondary N) is 1. The number of benzene rings is 1. The lowest BCUT2D eigenvalue weighted by molar-refractivity contribution is 0.101. The van der Waals surface area contributed by atoms with E-state index >= 15 is 0 Å². The molecule has 0 bridgehead atoms. The number of halogens is 3. The van der Waals surface area contributed by atoms with Crippen LogP contribution in [0.5, 0.6) is 0 Å². The van der Waals surface area contributed by atoms with Crippen molar-refractivity contribution in [2.75, 3.05) is 5.32 Å². The summed E-state index contributed by atoms with van der Waals surface area (Å²) in [6.45, 7) is 0. The van der Waals surface area contributed by atoms with Gasteiger partial charge in [0.15, 0.2) is 5.13 Å². The maximum Gasteiger partial charge on any atom is 0.282 e. The molecule has 1 aromatic carbocycles. The van der Waals surface area contributed by atoms with Gasteiger partial charge in [0.1, 0.15) is 28.6 Å². The van der Waals surface area contributed by atoms with Gasteiger partial charge in [-0.05, 0) is 30.3 Å². The Hall–Kier alpha value is -3.53. The van der Waals surface area contributed by atoms with Crippen LogP contribution in [0, 0.1) is 5.82 Å². The normalized spacial score (nSPS) is 11.0. The minimum Gasteiger partial charge on any atom is -0.296 e. The van der Waals surface area contributed by atoms with Gasteiger partial charge in [0, 0.05) is 11.6 Å². The Labute approximate surface area is 166 Å². The average molecular weight is 415 g/mol. The van der Waals surface area contributed by atoms with Gasteiger partial charge in [0.05, 0.1) is 5.69 Å². The van der Waals surface area contributed by atoms with Crippen LogP contribution >= 0.6 is 11.3 Å². The van der Waals surface area contributed by atoms with Gasteiger partial charge in [0.2, 0.25) is 0 Å². The lowest BCUT2D eigenvalue weighted by Crippen LogP contribution is -2.17. The van der Waals surface area contributed by atoms with E-state index in [4.69, 9.17) is 0 Å². The fourth-order valence-corrected chi connectivity index (χ4v) is 3.30. The van der Waals surface area contributed by atoms with Gasteiger partial charge in [-0.15, -0.1) is 11.3 Å². The average Bonchev–Trinajstić information content (AvgIpc) is 3.36. The molecule has 0 saturated carbocycles. The molecular formula is C19H12F3N5OS. The maximum atomic E-state index is 14.1. The molecule has 0 aliphatic heterocycles. The van der Waals surface area contributed by atoms with Crippen molar-refractivity contribution in [3.05, 3.63) is 77.3 Å². The molecule has 0 atom stereocenters. The van der Waals surface area contributed by atoms with Crippen LogP contribution < -0.4 is 5.32 Å². The molecular weight excluding hydrogens is 403 g/mol. The summed E-state index contributed by atoms with van der Waals surface area (Å²) >= 11 is 1.15. The molecule has 4 aromatic rings. The van der Waals surface area contributed by atoms with Crippen LogP contribution in [0.25, 0.3) is 17.1 Å². The van der Waals surface area contributed by atoms with E-state index in [0.717, 1.165) is 28.2 Å². The highest BCUT2D eigenvalue weighted by Crippen LogP contribution is 2.26. The molecule has 3 aromatic heterocycles. The van der Waals surface area contributed by atoms with Crippen LogP contribution in [0.3, 0.4) is 0 Å². The summed E-state index contributed by atoms with van der Waals surface area (Å²) in [6, 6.07) is 11.7. The quantitative estimate of drug-likeness (QED) is 0.512. The number of aromatic nitrogens is 4. The predicted octanol–water partition coefficient (Wildman–Crippen LogP) is 4.72. The van der Waals surface area contributed by atoms with E-state index in [0.29, 0.717) is 11.4 Å². The van der Waals surface area contributed by atoms with Gasteiger partial charge in [-0.3, -0.25) is 15.1 Å². The molecule has 29 heavy (non-hydrogen) atoms. The molecule has 10 heteroatoms. The number of nitrogens with zero attached hydrogens (tertiary/aromatic N) is 4. The van der Waals surface area contributed by atoms with Crippen LogP contribution in [0.2, 0.25) is 0 Å². The summed E-state index contributed by atoms with van der Waals surface area (Å²) in [7, 11) is 0. The Morgan fingerprint density at radius 1 is 1.10 bits per heavy atom. The van der Waals surface area contributed by atoms with Gasteiger partial charge < -0.3 is 0 Å². The molecule has 146 valence electrons. The zero-order valence-corrected chi connectivity index (χ0v) is 15.4. The summed E-state index contributed by atoms with van der Waals surface area (Å²) < 4.78 is 41.3. The van der Waals surface area contributed by atoms with Crippen molar-refractivity contribution in [1.29, 1.82) is 0 Å². The topological polar surface area (TPSA) is 72.7 Å². The SMILES string of the molecule is O=C(Nc1nc(-c2ccccn2)cs1)c1cc(C(F)F)nn1-c1ccccc1F. The van der Waals surface area contributed by atoms with Crippen LogP contribution in [0.15, 0.2) is 60.1 Å². The first-order valence-corrected chi connectivity index (χ1v) is 9.22. The smallest absolute Gasteiger partial charge is 0.282 e. The molecule has 3 heterocycles. The highest BCUT2D eigenvalue weighted by atomic mass is 32.1. The van der Waals surface area contributed by atoms with Crippen molar-refractivity contribution in [2.24, 2.45) is 0 Å². The predicted molar refractivity (Wildman–Crippen MR) is 102 cm³/mol. The molecule has 4 rings (SSSR count). The molecule has 0 aliphatic rings.